The molecule has 4 rings (SSSR count). The van der Waals surface area contributed by atoms with E-state index in [1.807, 2.05) is 56.3 Å². The Labute approximate surface area is 197 Å². The molecule has 0 saturated carbocycles. The van der Waals surface area contributed by atoms with Crippen LogP contribution in [0.5, 0.6) is 0 Å². The number of benzene rings is 1. The van der Waals surface area contributed by atoms with Gasteiger partial charge in [0.05, 0.1) is 29.0 Å². The third-order valence-electron chi connectivity index (χ3n) is 4.98. The van der Waals surface area contributed by atoms with E-state index in [1.54, 1.807) is 18.3 Å². The number of aromatic amines is 1. The molecule has 4 aromatic rings. The number of carbonyl (C=O) groups excluding carboxylic acids is 1. The Balaban J connectivity index is 1.53. The van der Waals surface area contributed by atoms with Gasteiger partial charge in [0.15, 0.2) is 0 Å². The van der Waals surface area contributed by atoms with E-state index in [0.717, 1.165) is 39.2 Å². The van der Waals surface area contributed by atoms with Crippen molar-refractivity contribution in [2.24, 2.45) is 0 Å². The minimum absolute atomic E-state index is 0.141. The molecular formula is C26H24N6O2. The third kappa shape index (κ3) is 5.46. The number of pyridine rings is 2. The molecule has 4 N–H and O–H groups in total. The van der Waals surface area contributed by atoms with Crippen LogP contribution in [0, 0.1) is 25.7 Å². The fraction of sp³-hybridized carbons (Fsp3) is 0.154. The number of aryl methyl sites for hydroxylation is 2. The Hall–Kier alpha value is -4.48. The van der Waals surface area contributed by atoms with Crippen molar-refractivity contribution in [3.05, 3.63) is 76.9 Å². The van der Waals surface area contributed by atoms with Crippen LogP contribution < -0.4 is 10.6 Å². The van der Waals surface area contributed by atoms with Crippen LogP contribution in [0.25, 0.3) is 23.1 Å². The minimum Gasteiger partial charge on any atom is -0.384 e. The van der Waals surface area contributed by atoms with Gasteiger partial charge in [-0.3, -0.25) is 14.9 Å². The summed E-state index contributed by atoms with van der Waals surface area (Å²) in [6.07, 6.45) is 5.50. The first-order chi connectivity index (χ1) is 16.5. The average molecular weight is 453 g/mol. The van der Waals surface area contributed by atoms with Gasteiger partial charge in [0, 0.05) is 23.0 Å². The molecule has 0 aliphatic heterocycles. The molecule has 0 fully saturated rings. The smallest absolute Gasteiger partial charge is 0.255 e. The topological polar surface area (TPSA) is 116 Å². The molecule has 170 valence electrons. The predicted octanol–water partition coefficient (Wildman–Crippen LogP) is 3.61. The first-order valence-corrected chi connectivity index (χ1v) is 10.7. The van der Waals surface area contributed by atoms with Crippen LogP contribution in [0.2, 0.25) is 0 Å². The van der Waals surface area contributed by atoms with Crippen molar-refractivity contribution in [3.63, 3.8) is 0 Å². The number of carbonyl (C=O) groups is 1. The van der Waals surface area contributed by atoms with Crippen molar-refractivity contribution < 1.29 is 9.90 Å². The van der Waals surface area contributed by atoms with E-state index < -0.39 is 0 Å². The number of H-pyrrole nitrogens is 1. The molecule has 0 radical (unpaired) electrons. The second kappa shape index (κ2) is 10.4. The normalized spacial score (nSPS) is 10.8. The number of amides is 1. The number of rotatable bonds is 6. The number of aliphatic hydroxyl groups excluding tert-OH is 1. The van der Waals surface area contributed by atoms with Gasteiger partial charge in [-0.1, -0.05) is 11.8 Å². The highest BCUT2D eigenvalue weighted by Crippen LogP contribution is 2.25. The highest BCUT2D eigenvalue weighted by molar-refractivity contribution is 6.00. The molecule has 0 bridgehead atoms. The van der Waals surface area contributed by atoms with E-state index in [1.165, 1.54) is 0 Å². The van der Waals surface area contributed by atoms with Crippen LogP contribution in [0.15, 0.2) is 48.7 Å². The average Bonchev–Trinajstić information content (AvgIpc) is 3.22. The highest BCUT2D eigenvalue weighted by atomic mass is 16.2. The number of anilines is 2. The zero-order valence-electron chi connectivity index (χ0n) is 18.9. The SMILES string of the molecule is Cc1cc(C)nc(/C=C/c2n[nH]c3cc(Nc4ncccc4C(=O)NCC#CCO)ccc23)c1. The first kappa shape index (κ1) is 22.7. The molecular weight excluding hydrogens is 428 g/mol. The molecule has 34 heavy (non-hydrogen) atoms. The summed E-state index contributed by atoms with van der Waals surface area (Å²) in [6.45, 7) is 3.92. The Morgan fingerprint density at radius 3 is 2.85 bits per heavy atom. The summed E-state index contributed by atoms with van der Waals surface area (Å²) < 4.78 is 0. The maximum absolute atomic E-state index is 12.5. The van der Waals surface area contributed by atoms with Gasteiger partial charge in [-0.2, -0.15) is 5.10 Å². The van der Waals surface area contributed by atoms with Crippen molar-refractivity contribution in [1.82, 2.24) is 25.5 Å². The Morgan fingerprint density at radius 1 is 1.15 bits per heavy atom. The predicted molar refractivity (Wildman–Crippen MR) is 133 cm³/mol. The quantitative estimate of drug-likeness (QED) is 0.332. The van der Waals surface area contributed by atoms with Crippen LogP contribution in [0.3, 0.4) is 0 Å². The number of hydrogen-bond acceptors (Lipinski definition) is 6. The van der Waals surface area contributed by atoms with Crippen LogP contribution >= 0.6 is 0 Å². The number of aliphatic hydroxyl groups is 1. The lowest BCUT2D eigenvalue weighted by Gasteiger charge is -2.10. The molecule has 1 amide bonds. The molecule has 8 heteroatoms. The molecule has 0 spiro atoms. The van der Waals surface area contributed by atoms with E-state index in [9.17, 15) is 4.79 Å². The molecule has 0 saturated heterocycles. The van der Waals surface area contributed by atoms with Crippen LogP contribution in [0.1, 0.15) is 33.0 Å². The number of hydrogen-bond donors (Lipinski definition) is 4. The molecule has 3 heterocycles. The summed E-state index contributed by atoms with van der Waals surface area (Å²) in [5.74, 6) is 5.27. The molecule has 1 aromatic carbocycles. The van der Waals surface area contributed by atoms with E-state index >= 15 is 0 Å². The monoisotopic (exact) mass is 452 g/mol. The summed E-state index contributed by atoms with van der Waals surface area (Å²) in [6, 6.07) is 13.2. The maximum Gasteiger partial charge on any atom is 0.255 e. The van der Waals surface area contributed by atoms with E-state index in [2.05, 4.69) is 42.6 Å². The van der Waals surface area contributed by atoms with Crippen molar-refractivity contribution in [1.29, 1.82) is 0 Å². The van der Waals surface area contributed by atoms with Crippen LogP contribution in [-0.4, -0.2) is 44.3 Å². The number of nitrogens with zero attached hydrogens (tertiary/aromatic N) is 3. The van der Waals surface area contributed by atoms with Gasteiger partial charge in [0.2, 0.25) is 0 Å². The van der Waals surface area contributed by atoms with E-state index in [0.29, 0.717) is 11.4 Å². The fourth-order valence-electron chi connectivity index (χ4n) is 3.53. The van der Waals surface area contributed by atoms with Crippen LogP contribution in [0.4, 0.5) is 11.5 Å². The number of nitrogens with one attached hydrogen (secondary N) is 3. The third-order valence-corrected chi connectivity index (χ3v) is 4.98. The molecule has 0 aliphatic carbocycles. The molecule has 3 aromatic heterocycles. The van der Waals surface area contributed by atoms with E-state index in [4.69, 9.17) is 5.11 Å². The number of fused-ring (bicyclic) bond motifs is 1. The zero-order chi connectivity index (χ0) is 23.9. The van der Waals surface area contributed by atoms with Gasteiger partial charge < -0.3 is 15.7 Å². The Kier molecular flexibility index (Phi) is 6.96. The van der Waals surface area contributed by atoms with Gasteiger partial charge in [0.1, 0.15) is 12.4 Å². The zero-order valence-corrected chi connectivity index (χ0v) is 18.9. The molecule has 8 nitrogen and oxygen atoms in total. The van der Waals surface area contributed by atoms with Crippen LogP contribution in [-0.2, 0) is 0 Å². The molecule has 0 atom stereocenters. The summed E-state index contributed by atoms with van der Waals surface area (Å²) in [5, 5.41) is 23.1. The van der Waals surface area contributed by atoms with Crippen molar-refractivity contribution in [2.45, 2.75) is 13.8 Å². The largest absolute Gasteiger partial charge is 0.384 e. The number of aromatic nitrogens is 4. The highest BCUT2D eigenvalue weighted by Gasteiger charge is 2.12. The summed E-state index contributed by atoms with van der Waals surface area (Å²) in [4.78, 5) is 21.4. The lowest BCUT2D eigenvalue weighted by atomic mass is 10.1. The lowest BCUT2D eigenvalue weighted by Crippen LogP contribution is -2.24. The van der Waals surface area contributed by atoms with Crippen molar-refractivity contribution in [3.8, 4) is 11.8 Å². The minimum atomic E-state index is -0.308. The molecule has 0 unspecified atom stereocenters. The Morgan fingerprint density at radius 2 is 2.03 bits per heavy atom. The maximum atomic E-state index is 12.5. The summed E-state index contributed by atoms with van der Waals surface area (Å²) in [7, 11) is 0. The summed E-state index contributed by atoms with van der Waals surface area (Å²) >= 11 is 0. The van der Waals surface area contributed by atoms with Crippen molar-refractivity contribution in [2.75, 3.05) is 18.5 Å². The van der Waals surface area contributed by atoms with Gasteiger partial charge in [-0.05, 0) is 74.0 Å². The standard InChI is InChI=1S/C26H24N6O2/c1-17-14-18(2)29-19(15-17)8-10-23-21-9-7-20(16-24(21)32-31-23)30-25-22(6-5-12-27-25)26(34)28-11-3-4-13-33/h5-10,12,14-16,33H,11,13H2,1-2H3,(H,27,30)(H,28,34)(H,31,32)/b10-8+. The van der Waals surface area contributed by atoms with E-state index in [-0.39, 0.29) is 19.1 Å². The Bertz CT molecular complexity index is 1410. The van der Waals surface area contributed by atoms with Crippen molar-refractivity contribution >= 4 is 40.5 Å². The fourth-order valence-corrected chi connectivity index (χ4v) is 3.53. The second-order valence-electron chi connectivity index (χ2n) is 7.63. The van der Waals surface area contributed by atoms with Gasteiger partial charge >= 0.3 is 0 Å². The first-order valence-electron chi connectivity index (χ1n) is 10.7. The summed E-state index contributed by atoms with van der Waals surface area (Å²) in [5.41, 5.74) is 5.83. The molecule has 0 aliphatic rings. The second-order valence-corrected chi connectivity index (χ2v) is 7.63. The van der Waals surface area contributed by atoms with Gasteiger partial charge in [-0.15, -0.1) is 0 Å². The van der Waals surface area contributed by atoms with Gasteiger partial charge in [-0.25, -0.2) is 4.98 Å². The van der Waals surface area contributed by atoms with Gasteiger partial charge in [0.25, 0.3) is 5.91 Å². The lowest BCUT2D eigenvalue weighted by molar-refractivity contribution is 0.0959.